The third kappa shape index (κ3) is 12.8. The summed E-state index contributed by atoms with van der Waals surface area (Å²) in [6.45, 7) is 10.0. The van der Waals surface area contributed by atoms with Crippen LogP contribution < -0.4 is 0 Å². The van der Waals surface area contributed by atoms with Gasteiger partial charge in [0.25, 0.3) is 0 Å². The van der Waals surface area contributed by atoms with Crippen molar-refractivity contribution >= 4 is 37.4 Å². The minimum absolute atomic E-state index is 0.350. The van der Waals surface area contributed by atoms with Gasteiger partial charge in [0.15, 0.2) is 5.12 Å². The first-order valence-electron chi connectivity index (χ1n) is 9.29. The third-order valence-corrected chi connectivity index (χ3v) is 8.62. The Morgan fingerprint density at radius 1 is 0.833 bits per heavy atom. The Labute approximate surface area is 158 Å². The smallest absolute Gasteiger partial charge is 0.374 e. The molecule has 0 amide bonds. The Hall–Kier alpha value is 0.467. The maximum atomic E-state index is 11.6. The number of carbonyl (C=O) groups excluding carboxylic acids is 1. The van der Waals surface area contributed by atoms with Crippen molar-refractivity contribution in [3.05, 3.63) is 0 Å². The normalized spacial score (nSPS) is 11.8. The van der Waals surface area contributed by atoms with Crippen LogP contribution in [0, 0.1) is 0 Å². The maximum absolute atomic E-state index is 11.6. The predicted octanol–water partition coefficient (Wildman–Crippen LogP) is 5.00. The highest BCUT2D eigenvalue weighted by Crippen LogP contribution is 2.20. The van der Waals surface area contributed by atoms with Gasteiger partial charge in [-0.15, -0.1) is 0 Å². The van der Waals surface area contributed by atoms with E-state index >= 15 is 0 Å². The molecule has 0 heterocycles. The number of carbonyl (C=O) groups is 1. The highest BCUT2D eigenvalue weighted by Gasteiger charge is 2.39. The molecule has 0 aliphatic carbocycles. The minimum Gasteiger partial charge on any atom is -0.374 e. The Bertz CT molecular complexity index is 289. The molecule has 0 bridgehead atoms. The molecule has 0 aromatic rings. The molecule has 0 atom stereocenters. The Kier molecular flexibility index (Phi) is 17.2. The summed E-state index contributed by atoms with van der Waals surface area (Å²) in [6, 6.07) is 0.889. The number of rotatable bonds is 17. The van der Waals surface area contributed by atoms with Gasteiger partial charge >= 0.3 is 8.80 Å². The molecular weight excluding hydrogens is 360 g/mol. The summed E-state index contributed by atoms with van der Waals surface area (Å²) in [6.07, 6.45) is 4.99. The number of hydrogen-bond acceptors (Lipinski definition) is 6. The van der Waals surface area contributed by atoms with Crippen LogP contribution in [-0.2, 0) is 18.1 Å². The Morgan fingerprint density at radius 3 is 1.96 bits per heavy atom. The molecule has 0 unspecified atom stereocenters. The predicted molar refractivity (Wildman–Crippen MR) is 109 cm³/mol. The molecule has 0 saturated heterocycles. The van der Waals surface area contributed by atoms with E-state index in [4.69, 9.17) is 13.3 Å². The first-order chi connectivity index (χ1) is 11.6. The molecule has 0 rings (SSSR count). The molecule has 0 aromatic carbocycles. The summed E-state index contributed by atoms with van der Waals surface area (Å²) >= 11 is 3.45. The van der Waals surface area contributed by atoms with E-state index in [2.05, 4.69) is 6.92 Å². The van der Waals surface area contributed by atoms with Gasteiger partial charge in [0.2, 0.25) is 0 Å². The molecule has 144 valence electrons. The Balaban J connectivity index is 3.76. The summed E-state index contributed by atoms with van der Waals surface area (Å²) in [4.78, 5) is 11.6. The molecule has 7 heteroatoms. The second-order valence-electron chi connectivity index (χ2n) is 5.38. The average Bonchev–Trinajstić information content (AvgIpc) is 2.56. The zero-order valence-corrected chi connectivity index (χ0v) is 18.6. The molecule has 0 aliphatic heterocycles. The summed E-state index contributed by atoms with van der Waals surface area (Å²) in [7, 11) is -2.46. The quantitative estimate of drug-likeness (QED) is 0.255. The van der Waals surface area contributed by atoms with E-state index in [1.807, 2.05) is 32.5 Å². The lowest BCUT2D eigenvalue weighted by Gasteiger charge is -2.28. The molecule has 0 aliphatic rings. The van der Waals surface area contributed by atoms with E-state index in [1.54, 1.807) is 0 Å². The van der Waals surface area contributed by atoms with Gasteiger partial charge < -0.3 is 13.3 Å². The van der Waals surface area contributed by atoms with Crippen LogP contribution in [0.25, 0.3) is 0 Å². The van der Waals surface area contributed by atoms with Crippen molar-refractivity contribution < 1.29 is 18.1 Å². The molecule has 0 aromatic heterocycles. The lowest BCUT2D eigenvalue weighted by Crippen LogP contribution is -2.46. The lowest BCUT2D eigenvalue weighted by molar-refractivity contribution is -0.111. The Morgan fingerprint density at radius 2 is 1.42 bits per heavy atom. The van der Waals surface area contributed by atoms with Crippen LogP contribution >= 0.6 is 23.5 Å². The molecule has 0 spiro atoms. The van der Waals surface area contributed by atoms with Crippen LogP contribution in [0.1, 0.15) is 59.8 Å². The summed E-state index contributed by atoms with van der Waals surface area (Å²) in [5.74, 6) is 3.15. The molecule has 0 fully saturated rings. The van der Waals surface area contributed by atoms with Crippen molar-refractivity contribution in [3.8, 4) is 0 Å². The van der Waals surface area contributed by atoms with Crippen molar-refractivity contribution in [2.45, 2.75) is 65.8 Å². The van der Waals surface area contributed by atoms with Gasteiger partial charge in [-0.1, -0.05) is 25.1 Å². The second-order valence-corrected chi connectivity index (χ2v) is 10.5. The summed E-state index contributed by atoms with van der Waals surface area (Å²) in [5, 5.41) is 0.350. The summed E-state index contributed by atoms with van der Waals surface area (Å²) < 4.78 is 17.6. The van der Waals surface area contributed by atoms with E-state index in [0.717, 1.165) is 55.4 Å². The number of unbranched alkanes of at least 4 members (excludes halogenated alkanes) is 1. The first-order valence-corrected chi connectivity index (χ1v) is 13.4. The van der Waals surface area contributed by atoms with Crippen LogP contribution in [0.4, 0.5) is 0 Å². The standard InChI is InChI=1S/C17H36O4S2Si/c1-5-9-12-17(18)23-15-10-13-22-14-11-16-24(19-6-2,20-7-3)21-8-4/h5-16H2,1-4H3. The van der Waals surface area contributed by atoms with Crippen molar-refractivity contribution in [2.24, 2.45) is 0 Å². The van der Waals surface area contributed by atoms with Crippen molar-refractivity contribution in [2.75, 3.05) is 37.1 Å². The van der Waals surface area contributed by atoms with Crippen LogP contribution in [0.15, 0.2) is 0 Å². The average molecular weight is 397 g/mol. The van der Waals surface area contributed by atoms with E-state index in [9.17, 15) is 4.79 Å². The van der Waals surface area contributed by atoms with Crippen molar-refractivity contribution in [3.63, 3.8) is 0 Å². The molecule has 0 radical (unpaired) electrons. The first kappa shape index (κ1) is 24.5. The fraction of sp³-hybridized carbons (Fsp3) is 0.941. The summed E-state index contributed by atoms with van der Waals surface area (Å²) in [5.41, 5.74) is 0. The van der Waals surface area contributed by atoms with Crippen LogP contribution in [0.2, 0.25) is 6.04 Å². The van der Waals surface area contributed by atoms with Gasteiger partial charge in [-0.25, -0.2) is 0 Å². The minimum atomic E-state index is -2.46. The number of thioether (sulfide) groups is 2. The van der Waals surface area contributed by atoms with Crippen molar-refractivity contribution in [1.29, 1.82) is 0 Å². The SMILES string of the molecule is CCCCC(=O)SCCCSCCC[Si](OCC)(OCC)OCC. The zero-order valence-electron chi connectivity index (χ0n) is 15.9. The fourth-order valence-electron chi connectivity index (χ4n) is 2.23. The maximum Gasteiger partial charge on any atom is 0.500 e. The highest BCUT2D eigenvalue weighted by atomic mass is 32.2. The highest BCUT2D eigenvalue weighted by molar-refractivity contribution is 8.13. The monoisotopic (exact) mass is 396 g/mol. The molecule has 24 heavy (non-hydrogen) atoms. The van der Waals surface area contributed by atoms with Crippen molar-refractivity contribution in [1.82, 2.24) is 0 Å². The van der Waals surface area contributed by atoms with Crippen LogP contribution in [-0.4, -0.2) is 51.0 Å². The zero-order chi connectivity index (χ0) is 18.1. The lowest BCUT2D eigenvalue weighted by atomic mass is 10.3. The van der Waals surface area contributed by atoms with Crippen LogP contribution in [0.5, 0.6) is 0 Å². The van der Waals surface area contributed by atoms with Gasteiger partial charge in [0, 0.05) is 38.0 Å². The number of hydrogen-bond donors (Lipinski definition) is 0. The fourth-order valence-corrected chi connectivity index (χ4v) is 6.99. The van der Waals surface area contributed by atoms with E-state index in [0.29, 0.717) is 24.9 Å². The second kappa shape index (κ2) is 16.9. The van der Waals surface area contributed by atoms with Crippen LogP contribution in [0.3, 0.4) is 0 Å². The molecule has 0 saturated carbocycles. The van der Waals surface area contributed by atoms with Gasteiger partial charge in [-0.05, 0) is 51.5 Å². The van der Waals surface area contributed by atoms with E-state index < -0.39 is 8.80 Å². The van der Waals surface area contributed by atoms with Gasteiger partial charge in [-0.3, -0.25) is 4.79 Å². The molecule has 4 nitrogen and oxygen atoms in total. The topological polar surface area (TPSA) is 44.8 Å². The van der Waals surface area contributed by atoms with Gasteiger partial charge in [0.1, 0.15) is 0 Å². The largest absolute Gasteiger partial charge is 0.500 e. The van der Waals surface area contributed by atoms with Gasteiger partial charge in [0.05, 0.1) is 0 Å². The van der Waals surface area contributed by atoms with E-state index in [1.165, 1.54) is 11.8 Å². The van der Waals surface area contributed by atoms with Gasteiger partial charge in [-0.2, -0.15) is 11.8 Å². The molecular formula is C17H36O4S2Si. The third-order valence-electron chi connectivity index (χ3n) is 3.29. The molecule has 0 N–H and O–H groups in total. The van der Waals surface area contributed by atoms with E-state index in [-0.39, 0.29) is 0 Å².